The minimum absolute atomic E-state index is 0.101. The van der Waals surface area contributed by atoms with E-state index in [2.05, 4.69) is 10.5 Å². The molecule has 7 heteroatoms. The van der Waals surface area contributed by atoms with E-state index in [1.54, 1.807) is 12.1 Å². The van der Waals surface area contributed by atoms with Gasteiger partial charge in [-0.05, 0) is 25.0 Å². The second kappa shape index (κ2) is 6.28. The van der Waals surface area contributed by atoms with Crippen molar-refractivity contribution in [3.8, 4) is 11.5 Å². The summed E-state index contributed by atoms with van der Waals surface area (Å²) in [6, 6.07) is 4.88. The molecule has 1 saturated carbocycles. The minimum atomic E-state index is -0.874. The Kier molecular flexibility index (Phi) is 4.18. The van der Waals surface area contributed by atoms with Gasteiger partial charge in [0.1, 0.15) is 0 Å². The van der Waals surface area contributed by atoms with Crippen LogP contribution in [-0.2, 0) is 4.79 Å². The maximum absolute atomic E-state index is 12.2. The van der Waals surface area contributed by atoms with Gasteiger partial charge in [-0.1, -0.05) is 24.4 Å². The lowest BCUT2D eigenvalue weighted by molar-refractivity contribution is -0.150. The van der Waals surface area contributed by atoms with Crippen LogP contribution in [0.25, 0.3) is 11.5 Å². The van der Waals surface area contributed by atoms with Gasteiger partial charge in [0.15, 0.2) is 11.5 Å². The lowest BCUT2D eigenvalue weighted by Crippen LogP contribution is -2.44. The molecule has 2 heterocycles. The summed E-state index contributed by atoms with van der Waals surface area (Å²) in [5.74, 6) is -0.469. The summed E-state index contributed by atoms with van der Waals surface area (Å²) in [4.78, 5) is 23.8. The summed E-state index contributed by atoms with van der Waals surface area (Å²) in [6.07, 6.45) is 5.44. The zero-order chi connectivity index (χ0) is 16.3. The molecule has 0 radical (unpaired) electrons. The number of carbonyl (C=O) groups is 2. The molecule has 1 fully saturated rings. The molecule has 0 atom stereocenters. The minimum Gasteiger partial charge on any atom is -0.481 e. The number of furan rings is 1. The van der Waals surface area contributed by atoms with Gasteiger partial charge in [0, 0.05) is 12.6 Å². The van der Waals surface area contributed by atoms with E-state index in [1.807, 2.05) is 0 Å². The molecular formula is C16H18N2O5. The lowest BCUT2D eigenvalue weighted by Gasteiger charge is -2.33. The predicted octanol–water partition coefficient (Wildman–Crippen LogP) is 2.70. The fraction of sp³-hybridized carbons (Fsp3) is 0.438. The van der Waals surface area contributed by atoms with Crippen LogP contribution >= 0.6 is 0 Å². The Morgan fingerprint density at radius 3 is 2.70 bits per heavy atom. The Hall–Kier alpha value is -2.57. The summed E-state index contributed by atoms with van der Waals surface area (Å²) in [5, 5.41) is 15.9. The Labute approximate surface area is 132 Å². The number of hydrogen-bond donors (Lipinski definition) is 2. The SMILES string of the molecule is O=C(NCC1(C(=O)O)CCCCC1)c1cc(-c2ccco2)on1. The van der Waals surface area contributed by atoms with Crippen molar-refractivity contribution in [3.63, 3.8) is 0 Å². The van der Waals surface area contributed by atoms with Crippen LogP contribution in [0.4, 0.5) is 0 Å². The molecule has 2 aromatic heterocycles. The second-order valence-electron chi connectivity index (χ2n) is 5.88. The average Bonchev–Trinajstić information content (AvgIpc) is 3.24. The van der Waals surface area contributed by atoms with Crippen LogP contribution in [0.2, 0.25) is 0 Å². The largest absolute Gasteiger partial charge is 0.481 e. The van der Waals surface area contributed by atoms with Gasteiger partial charge in [-0.15, -0.1) is 0 Å². The number of hydrogen-bond acceptors (Lipinski definition) is 5. The van der Waals surface area contributed by atoms with Gasteiger partial charge in [-0.25, -0.2) is 0 Å². The molecule has 3 rings (SSSR count). The van der Waals surface area contributed by atoms with Crippen molar-refractivity contribution in [2.45, 2.75) is 32.1 Å². The highest BCUT2D eigenvalue weighted by Crippen LogP contribution is 2.36. The van der Waals surface area contributed by atoms with Crippen molar-refractivity contribution in [3.05, 3.63) is 30.2 Å². The molecule has 1 aliphatic rings. The smallest absolute Gasteiger partial charge is 0.311 e. The maximum Gasteiger partial charge on any atom is 0.311 e. The fourth-order valence-electron chi connectivity index (χ4n) is 2.95. The van der Waals surface area contributed by atoms with E-state index in [0.29, 0.717) is 24.4 Å². The number of nitrogens with one attached hydrogen (secondary N) is 1. The van der Waals surface area contributed by atoms with E-state index >= 15 is 0 Å². The number of carbonyl (C=O) groups excluding carboxylic acids is 1. The number of rotatable bonds is 5. The number of nitrogens with zero attached hydrogens (tertiary/aromatic N) is 1. The van der Waals surface area contributed by atoms with Crippen LogP contribution < -0.4 is 5.32 Å². The summed E-state index contributed by atoms with van der Waals surface area (Å²) in [6.45, 7) is 0.101. The lowest BCUT2D eigenvalue weighted by atomic mass is 9.74. The van der Waals surface area contributed by atoms with Crippen molar-refractivity contribution in [2.75, 3.05) is 6.54 Å². The van der Waals surface area contributed by atoms with E-state index in [1.165, 1.54) is 12.3 Å². The zero-order valence-corrected chi connectivity index (χ0v) is 12.6. The van der Waals surface area contributed by atoms with Crippen molar-refractivity contribution in [2.24, 2.45) is 5.41 Å². The van der Waals surface area contributed by atoms with Crippen LogP contribution in [0, 0.1) is 5.41 Å². The number of carboxylic acids is 1. The molecule has 23 heavy (non-hydrogen) atoms. The van der Waals surface area contributed by atoms with E-state index in [-0.39, 0.29) is 12.2 Å². The summed E-state index contributed by atoms with van der Waals surface area (Å²) < 4.78 is 10.2. The Balaban J connectivity index is 1.66. The standard InChI is InChI=1S/C16H18N2O5/c19-14(11-9-13(23-18-11)12-5-4-8-22-12)17-10-16(15(20)21)6-2-1-3-7-16/h4-5,8-9H,1-3,6-7,10H2,(H,17,19)(H,20,21). The van der Waals surface area contributed by atoms with Crippen LogP contribution in [0.15, 0.2) is 33.4 Å². The quantitative estimate of drug-likeness (QED) is 0.878. The Bertz CT molecular complexity index is 683. The Morgan fingerprint density at radius 2 is 2.04 bits per heavy atom. The third kappa shape index (κ3) is 3.13. The summed E-state index contributed by atoms with van der Waals surface area (Å²) in [7, 11) is 0. The highest BCUT2D eigenvalue weighted by Gasteiger charge is 2.40. The van der Waals surface area contributed by atoms with Crippen LogP contribution in [-0.4, -0.2) is 28.7 Å². The second-order valence-corrected chi connectivity index (χ2v) is 5.88. The number of aromatic nitrogens is 1. The molecule has 0 bridgehead atoms. The van der Waals surface area contributed by atoms with Crippen molar-refractivity contribution >= 4 is 11.9 Å². The normalized spacial score (nSPS) is 16.9. The number of amides is 1. The first-order valence-corrected chi connectivity index (χ1v) is 7.63. The topological polar surface area (TPSA) is 106 Å². The molecule has 0 saturated heterocycles. The fourth-order valence-corrected chi connectivity index (χ4v) is 2.95. The first-order chi connectivity index (χ1) is 11.1. The summed E-state index contributed by atoms with van der Waals surface area (Å²) >= 11 is 0. The molecule has 0 aromatic carbocycles. The van der Waals surface area contributed by atoms with Gasteiger partial charge in [-0.2, -0.15) is 0 Å². The van der Waals surface area contributed by atoms with E-state index < -0.39 is 17.3 Å². The Morgan fingerprint density at radius 1 is 1.26 bits per heavy atom. The molecule has 1 aliphatic carbocycles. The van der Waals surface area contributed by atoms with Crippen LogP contribution in [0.3, 0.4) is 0 Å². The van der Waals surface area contributed by atoms with Crippen molar-refractivity contribution in [1.29, 1.82) is 0 Å². The number of aliphatic carboxylic acids is 1. The van der Waals surface area contributed by atoms with E-state index in [9.17, 15) is 14.7 Å². The average molecular weight is 318 g/mol. The highest BCUT2D eigenvalue weighted by atomic mass is 16.5. The van der Waals surface area contributed by atoms with Gasteiger partial charge >= 0.3 is 5.97 Å². The molecular weight excluding hydrogens is 300 g/mol. The van der Waals surface area contributed by atoms with Gasteiger partial charge in [0.05, 0.1) is 11.7 Å². The van der Waals surface area contributed by atoms with Crippen LogP contribution in [0.5, 0.6) is 0 Å². The molecule has 122 valence electrons. The van der Waals surface area contributed by atoms with Gasteiger partial charge in [0.2, 0.25) is 5.76 Å². The summed E-state index contributed by atoms with van der Waals surface area (Å²) in [5.41, 5.74) is -0.769. The van der Waals surface area contributed by atoms with Crippen molar-refractivity contribution < 1.29 is 23.6 Å². The first kappa shape index (κ1) is 15.3. The van der Waals surface area contributed by atoms with Crippen LogP contribution in [0.1, 0.15) is 42.6 Å². The highest BCUT2D eigenvalue weighted by molar-refractivity contribution is 5.93. The molecule has 0 unspecified atom stereocenters. The monoisotopic (exact) mass is 318 g/mol. The predicted molar refractivity (Wildman–Crippen MR) is 79.7 cm³/mol. The third-order valence-electron chi connectivity index (χ3n) is 4.36. The van der Waals surface area contributed by atoms with Crippen molar-refractivity contribution in [1.82, 2.24) is 10.5 Å². The van der Waals surface area contributed by atoms with Gasteiger partial charge < -0.3 is 19.4 Å². The van der Waals surface area contributed by atoms with E-state index in [0.717, 1.165) is 19.3 Å². The molecule has 0 spiro atoms. The number of carboxylic acid groups (broad SMARTS) is 1. The molecule has 7 nitrogen and oxygen atoms in total. The molecule has 0 aliphatic heterocycles. The maximum atomic E-state index is 12.2. The third-order valence-corrected chi connectivity index (χ3v) is 4.36. The molecule has 1 amide bonds. The van der Waals surface area contributed by atoms with Gasteiger partial charge in [0.25, 0.3) is 5.91 Å². The van der Waals surface area contributed by atoms with Gasteiger partial charge in [-0.3, -0.25) is 9.59 Å². The molecule has 2 N–H and O–H groups in total. The first-order valence-electron chi connectivity index (χ1n) is 7.63. The zero-order valence-electron chi connectivity index (χ0n) is 12.6. The van der Waals surface area contributed by atoms with E-state index in [4.69, 9.17) is 8.94 Å². The molecule has 2 aromatic rings.